The van der Waals surface area contributed by atoms with Crippen LogP contribution in [0, 0.1) is 0 Å². The van der Waals surface area contributed by atoms with E-state index in [1.54, 1.807) is 0 Å². The molecule has 2 rings (SSSR count). The molecule has 6 heteroatoms. The van der Waals surface area contributed by atoms with Gasteiger partial charge in [0.2, 0.25) is 0 Å². The summed E-state index contributed by atoms with van der Waals surface area (Å²) in [5.41, 5.74) is 0. The molecule has 1 saturated heterocycles. The van der Waals surface area contributed by atoms with Gasteiger partial charge in [0, 0.05) is 57.7 Å². The van der Waals surface area contributed by atoms with E-state index < -0.39 is 0 Å². The third-order valence-electron chi connectivity index (χ3n) is 4.27. The first-order chi connectivity index (χ1) is 10.7. The number of guanidine groups is 1. The van der Waals surface area contributed by atoms with Crippen molar-refractivity contribution in [2.45, 2.75) is 51.7 Å². The van der Waals surface area contributed by atoms with E-state index in [9.17, 15) is 0 Å². The van der Waals surface area contributed by atoms with E-state index in [1.807, 2.05) is 25.8 Å². The summed E-state index contributed by atoms with van der Waals surface area (Å²) in [5.74, 6) is 0.925. The van der Waals surface area contributed by atoms with E-state index in [0.717, 1.165) is 25.5 Å². The number of rotatable bonds is 6. The Hall–Kier alpha value is -1.56. The predicted molar refractivity (Wildman–Crippen MR) is 91.1 cm³/mol. The third kappa shape index (κ3) is 5.33. The average molecular weight is 306 g/mol. The fourth-order valence-electron chi connectivity index (χ4n) is 2.84. The summed E-state index contributed by atoms with van der Waals surface area (Å²) in [4.78, 5) is 10.9. The molecule has 2 heterocycles. The van der Waals surface area contributed by atoms with Crippen molar-refractivity contribution < 1.29 is 0 Å². The Morgan fingerprint density at radius 3 is 2.73 bits per heavy atom. The minimum Gasteiger partial charge on any atom is -0.356 e. The highest BCUT2D eigenvalue weighted by molar-refractivity contribution is 5.79. The lowest BCUT2D eigenvalue weighted by Crippen LogP contribution is -2.50. The molecule has 1 fully saturated rings. The number of nitrogens with one attached hydrogen (secondary N) is 2. The summed E-state index contributed by atoms with van der Waals surface area (Å²) in [6.07, 6.45) is 9.10. The second-order valence-corrected chi connectivity index (χ2v) is 6.20. The van der Waals surface area contributed by atoms with E-state index in [4.69, 9.17) is 0 Å². The molecule has 0 unspecified atom stereocenters. The van der Waals surface area contributed by atoms with E-state index in [2.05, 4.69) is 43.9 Å². The van der Waals surface area contributed by atoms with Crippen molar-refractivity contribution in [3.05, 3.63) is 18.7 Å². The van der Waals surface area contributed by atoms with Crippen molar-refractivity contribution in [2.75, 3.05) is 26.7 Å². The first kappa shape index (κ1) is 16.8. The lowest BCUT2D eigenvalue weighted by Gasteiger charge is -2.35. The highest BCUT2D eigenvalue weighted by Crippen LogP contribution is 2.12. The summed E-state index contributed by atoms with van der Waals surface area (Å²) in [5, 5.41) is 6.96. The van der Waals surface area contributed by atoms with E-state index >= 15 is 0 Å². The van der Waals surface area contributed by atoms with Crippen molar-refractivity contribution in [1.29, 1.82) is 0 Å². The normalized spacial score (nSPS) is 17.9. The highest BCUT2D eigenvalue weighted by Gasteiger charge is 2.21. The van der Waals surface area contributed by atoms with Gasteiger partial charge in [-0.2, -0.15) is 0 Å². The van der Waals surface area contributed by atoms with Crippen LogP contribution in [0.25, 0.3) is 0 Å². The number of aromatic nitrogens is 2. The van der Waals surface area contributed by atoms with Crippen LogP contribution in [0.3, 0.4) is 0 Å². The molecule has 0 saturated carbocycles. The molecule has 22 heavy (non-hydrogen) atoms. The fourth-order valence-corrected chi connectivity index (χ4v) is 2.84. The van der Waals surface area contributed by atoms with Crippen LogP contribution in [0.15, 0.2) is 23.7 Å². The van der Waals surface area contributed by atoms with Gasteiger partial charge in [0.25, 0.3) is 0 Å². The molecule has 0 radical (unpaired) electrons. The van der Waals surface area contributed by atoms with Gasteiger partial charge >= 0.3 is 0 Å². The number of hydrogen-bond donors (Lipinski definition) is 2. The van der Waals surface area contributed by atoms with Crippen LogP contribution >= 0.6 is 0 Å². The molecule has 0 spiro atoms. The zero-order valence-corrected chi connectivity index (χ0v) is 14.1. The molecule has 2 N–H and O–H groups in total. The lowest BCUT2D eigenvalue weighted by molar-refractivity contribution is 0.167. The molecule has 0 atom stereocenters. The first-order valence-electron chi connectivity index (χ1n) is 8.36. The lowest BCUT2D eigenvalue weighted by atomic mass is 10.0. The standard InChI is InChI=1S/C16H30N6/c1-14(2)22-10-5-15(6-11-22)20-16(17-3)19-7-4-9-21-12-8-18-13-21/h8,12-15H,4-7,9-11H2,1-3H3,(H2,17,19,20). The summed E-state index contributed by atoms with van der Waals surface area (Å²) >= 11 is 0. The minimum absolute atomic E-state index is 0.537. The monoisotopic (exact) mass is 306 g/mol. The van der Waals surface area contributed by atoms with Crippen molar-refractivity contribution in [3.63, 3.8) is 0 Å². The molecule has 1 aliphatic heterocycles. The highest BCUT2D eigenvalue weighted by atomic mass is 15.2. The van der Waals surface area contributed by atoms with Crippen LogP contribution in [0.5, 0.6) is 0 Å². The minimum atomic E-state index is 0.537. The Bertz CT molecular complexity index is 431. The smallest absolute Gasteiger partial charge is 0.191 e. The summed E-state index contributed by atoms with van der Waals surface area (Å²) in [6, 6.07) is 1.19. The predicted octanol–water partition coefficient (Wildman–Crippen LogP) is 1.31. The number of aliphatic imine (C=N–C) groups is 1. The number of hydrogen-bond acceptors (Lipinski definition) is 3. The number of aryl methyl sites for hydroxylation is 1. The van der Waals surface area contributed by atoms with E-state index in [-0.39, 0.29) is 0 Å². The van der Waals surface area contributed by atoms with Crippen LogP contribution in [-0.2, 0) is 6.54 Å². The quantitative estimate of drug-likeness (QED) is 0.473. The Morgan fingerprint density at radius 2 is 2.14 bits per heavy atom. The maximum absolute atomic E-state index is 4.33. The number of imidazole rings is 1. The summed E-state index contributed by atoms with van der Waals surface area (Å²) in [7, 11) is 1.84. The second-order valence-electron chi connectivity index (χ2n) is 6.20. The maximum Gasteiger partial charge on any atom is 0.191 e. The zero-order chi connectivity index (χ0) is 15.8. The van der Waals surface area contributed by atoms with Gasteiger partial charge in [0.05, 0.1) is 6.33 Å². The molecule has 1 aromatic heterocycles. The van der Waals surface area contributed by atoms with Gasteiger partial charge < -0.3 is 20.1 Å². The average Bonchev–Trinajstić information content (AvgIpc) is 3.04. The van der Waals surface area contributed by atoms with E-state index in [0.29, 0.717) is 12.1 Å². The zero-order valence-electron chi connectivity index (χ0n) is 14.1. The van der Waals surface area contributed by atoms with Crippen molar-refractivity contribution >= 4 is 5.96 Å². The molecule has 6 nitrogen and oxygen atoms in total. The maximum atomic E-state index is 4.33. The molecule has 0 aromatic carbocycles. The Labute approximate surface area is 134 Å². The first-order valence-corrected chi connectivity index (χ1v) is 8.36. The number of piperidine rings is 1. The molecule has 0 amide bonds. The molecular formula is C16H30N6. The van der Waals surface area contributed by atoms with Crippen molar-refractivity contribution in [1.82, 2.24) is 25.1 Å². The van der Waals surface area contributed by atoms with Gasteiger partial charge in [-0.3, -0.25) is 4.99 Å². The van der Waals surface area contributed by atoms with Gasteiger partial charge in [0.1, 0.15) is 0 Å². The Morgan fingerprint density at radius 1 is 1.36 bits per heavy atom. The Balaban J connectivity index is 1.63. The van der Waals surface area contributed by atoms with E-state index in [1.165, 1.54) is 25.9 Å². The molecular weight excluding hydrogens is 276 g/mol. The van der Waals surface area contributed by atoms with Crippen LogP contribution < -0.4 is 10.6 Å². The van der Waals surface area contributed by atoms with Crippen LogP contribution in [0.1, 0.15) is 33.1 Å². The largest absolute Gasteiger partial charge is 0.356 e. The molecule has 0 aliphatic carbocycles. The number of nitrogens with zero attached hydrogens (tertiary/aromatic N) is 4. The van der Waals surface area contributed by atoms with Gasteiger partial charge in [-0.05, 0) is 33.1 Å². The molecule has 1 aromatic rings. The molecule has 1 aliphatic rings. The SMILES string of the molecule is CN=C(NCCCn1ccnc1)NC1CCN(C(C)C)CC1. The van der Waals surface area contributed by atoms with Crippen molar-refractivity contribution in [2.24, 2.45) is 4.99 Å². The molecule has 124 valence electrons. The van der Waals surface area contributed by atoms with Gasteiger partial charge in [-0.25, -0.2) is 4.98 Å². The second kappa shape index (κ2) is 8.78. The number of likely N-dealkylation sites (tertiary alicyclic amines) is 1. The van der Waals surface area contributed by atoms with Crippen LogP contribution in [-0.4, -0.2) is 59.2 Å². The van der Waals surface area contributed by atoms with Crippen LogP contribution in [0.2, 0.25) is 0 Å². The summed E-state index contributed by atoms with van der Waals surface area (Å²) < 4.78 is 2.10. The van der Waals surface area contributed by atoms with Gasteiger partial charge in [-0.1, -0.05) is 0 Å². The summed E-state index contributed by atoms with van der Waals surface area (Å²) in [6.45, 7) is 8.79. The molecule has 0 bridgehead atoms. The van der Waals surface area contributed by atoms with Crippen molar-refractivity contribution in [3.8, 4) is 0 Å². The van der Waals surface area contributed by atoms with Gasteiger partial charge in [0.15, 0.2) is 5.96 Å². The fraction of sp³-hybridized carbons (Fsp3) is 0.750. The topological polar surface area (TPSA) is 57.5 Å². The van der Waals surface area contributed by atoms with Crippen LogP contribution in [0.4, 0.5) is 0 Å². The van der Waals surface area contributed by atoms with Gasteiger partial charge in [-0.15, -0.1) is 0 Å². The Kier molecular flexibility index (Phi) is 6.71. The third-order valence-corrected chi connectivity index (χ3v) is 4.27.